The molecule has 426 valence electrons. The van der Waals surface area contributed by atoms with E-state index in [-0.39, 0.29) is 53.4 Å². The van der Waals surface area contributed by atoms with Gasteiger partial charge in [-0.15, -0.1) is 24.0 Å². The number of amides is 1. The van der Waals surface area contributed by atoms with E-state index in [4.69, 9.17) is 30.2 Å². The molecule has 4 aromatic heterocycles. The van der Waals surface area contributed by atoms with Crippen molar-refractivity contribution >= 4 is 93.7 Å². The molecule has 0 bridgehead atoms. The van der Waals surface area contributed by atoms with Crippen molar-refractivity contribution in [1.29, 1.82) is 0 Å². The van der Waals surface area contributed by atoms with Crippen molar-refractivity contribution in [2.75, 3.05) is 50.7 Å². The van der Waals surface area contributed by atoms with Gasteiger partial charge in [0.05, 0.1) is 32.9 Å². The number of hydrogen-bond acceptors (Lipinski definition) is 21. The topological polar surface area (TPSA) is 353 Å². The Morgan fingerprint density at radius 3 is 1.78 bits per heavy atom. The van der Waals surface area contributed by atoms with Crippen LogP contribution in [-0.4, -0.2) is 137 Å². The number of hydrogen-bond donors (Lipinski definition) is 5. The number of carboxylic acids is 1. The lowest BCUT2D eigenvalue weighted by Crippen LogP contribution is -2.33. The number of imidazole rings is 2. The number of unbranched alkanes of at least 4 members (excludes halogenated alkanes) is 2. The second kappa shape index (κ2) is 35.5. The number of aliphatic hydroxyl groups excluding tert-OH is 1. The van der Waals surface area contributed by atoms with E-state index in [9.17, 15) is 33.6 Å². The van der Waals surface area contributed by atoms with E-state index >= 15 is 0 Å². The zero-order valence-corrected chi connectivity index (χ0v) is 47.2. The number of halogens is 1. The van der Waals surface area contributed by atoms with Crippen LogP contribution in [0, 0.1) is 0 Å². The van der Waals surface area contributed by atoms with E-state index in [1.165, 1.54) is 25.3 Å². The molecule has 2 atom stereocenters. The van der Waals surface area contributed by atoms with E-state index in [0.29, 0.717) is 80.3 Å². The average molecular weight is 1210 g/mol. The van der Waals surface area contributed by atoms with Crippen molar-refractivity contribution in [3.05, 3.63) is 88.1 Å². The van der Waals surface area contributed by atoms with Crippen LogP contribution in [0.25, 0.3) is 22.3 Å². The van der Waals surface area contributed by atoms with Crippen molar-refractivity contribution < 1.29 is 72.1 Å². The van der Waals surface area contributed by atoms with Crippen LogP contribution in [0.5, 0.6) is 12.0 Å². The number of nitrogens with zero attached hydrogens (tertiary/aromatic N) is 7. The first-order valence-electron chi connectivity index (χ1n) is 24.6. The van der Waals surface area contributed by atoms with Gasteiger partial charge in [0.15, 0.2) is 47.3 Å². The molecule has 27 heteroatoms. The Kier molecular flexibility index (Phi) is 30.2. The number of aliphatic hydroxyl groups is 1. The molecule has 2 unspecified atom stereocenters. The minimum atomic E-state index is -1.37. The third-order valence-corrected chi connectivity index (χ3v) is 9.95. The summed E-state index contributed by atoms with van der Waals surface area (Å²) in [6.45, 7) is 14.8. The number of nitrogen functional groups attached to an aromatic ring is 1. The molecule has 0 aliphatic heterocycles. The van der Waals surface area contributed by atoms with Gasteiger partial charge in [-0.25, -0.2) is 29.0 Å². The fourth-order valence-electron chi connectivity index (χ4n) is 6.19. The summed E-state index contributed by atoms with van der Waals surface area (Å²) in [6, 6.07) is 20.2. The molecule has 0 aliphatic rings. The van der Waals surface area contributed by atoms with E-state index in [2.05, 4.69) is 80.1 Å². The fourth-order valence-corrected chi connectivity index (χ4v) is 6.19. The molecule has 0 spiro atoms. The van der Waals surface area contributed by atoms with Gasteiger partial charge in [0.1, 0.15) is 24.6 Å². The first-order valence-corrected chi connectivity index (χ1v) is 24.6. The zero-order valence-electron chi connectivity index (χ0n) is 44.8. The Morgan fingerprint density at radius 1 is 0.718 bits per heavy atom. The lowest BCUT2D eigenvalue weighted by atomic mass is 10.2. The van der Waals surface area contributed by atoms with Gasteiger partial charge in [0.25, 0.3) is 0 Å². The van der Waals surface area contributed by atoms with Gasteiger partial charge in [-0.1, -0.05) is 87.4 Å². The summed E-state index contributed by atoms with van der Waals surface area (Å²) in [6.07, 6.45) is 1.11. The van der Waals surface area contributed by atoms with E-state index in [1.807, 2.05) is 60.0 Å². The molecule has 6 aromatic rings. The average Bonchev–Trinajstić information content (AvgIpc) is 3.99. The molecule has 0 radical (unpaired) electrons. The standard InChI is InChI=1S/C19H25N5O2.C18H21N5O3.C10H14O9.C4H8O2.HI/c1-3-5-11-26-19-22-17(20)16-18(23-19)24(15(21-16)13-25-4-2)12-14-9-7-6-8-10-14;1-3-4-10-26-17-21-15(19-12(2)24)14-16(22-17)23(18(25)20-14)11-13-8-6-5-7-9-13;1-5(9(14)15)19-10(16)6(2)18-8(13)4-17-7(12)3-11;1-3-6-4(2)5;/h6-10H,3-5,11-13H2,1-2H3,(H2,20,22,23);5-9H,3-4,10-11H2,1-2H3,(H,20,25)(H,19,21,22,24);5-6,11H,3-4H2,1-2H3,(H,14,15);3H2,1-2H3;1H. The number of aromatic nitrogens is 8. The quantitative estimate of drug-likeness (QED) is 0.0227. The number of rotatable bonds is 24. The molecular formula is C51H69IN10O16. The van der Waals surface area contributed by atoms with Gasteiger partial charge in [0, 0.05) is 20.5 Å². The number of nitrogens with one attached hydrogen (secondary N) is 2. The SMILES string of the molecule is CC(OC(=O)C(C)OC(=O)COC(=O)CO)C(=O)O.CCCCOc1nc(N)c2nc(COCC)n(Cc3ccccc3)c2n1.CCCCOc1nc(NC(C)=O)c2[nH]c(=O)n(Cc3ccccc3)c2n1.CCOC(C)=O.I. The van der Waals surface area contributed by atoms with E-state index in [0.717, 1.165) is 49.6 Å². The Bertz CT molecular complexity index is 2900. The normalized spacial score (nSPS) is 11.1. The number of ether oxygens (including phenoxy) is 7. The molecule has 6 rings (SSSR count). The number of aliphatic carboxylic acids is 1. The lowest BCUT2D eigenvalue weighted by Gasteiger charge is -2.14. The van der Waals surface area contributed by atoms with E-state index in [1.54, 1.807) is 6.92 Å². The number of benzene rings is 2. The predicted octanol–water partition coefficient (Wildman–Crippen LogP) is 5.13. The smallest absolute Gasteiger partial charge is 0.347 e. The van der Waals surface area contributed by atoms with Crippen LogP contribution in [0.1, 0.15) is 98.0 Å². The number of carboxylic acid groups (broad SMARTS) is 1. The molecule has 0 fully saturated rings. The van der Waals surface area contributed by atoms with Crippen LogP contribution in [0.3, 0.4) is 0 Å². The highest BCUT2D eigenvalue weighted by Crippen LogP contribution is 2.24. The zero-order chi connectivity index (χ0) is 56.9. The molecule has 4 heterocycles. The molecule has 0 saturated heterocycles. The number of carbonyl (C=O) groups is 6. The molecule has 6 N–H and O–H groups in total. The molecule has 26 nitrogen and oxygen atoms in total. The Hall–Kier alpha value is -7.79. The summed E-state index contributed by atoms with van der Waals surface area (Å²) >= 11 is 0. The van der Waals surface area contributed by atoms with Gasteiger partial charge in [0.2, 0.25) is 5.91 Å². The second-order valence-corrected chi connectivity index (χ2v) is 16.2. The van der Waals surface area contributed by atoms with Crippen molar-refractivity contribution in [2.45, 2.75) is 113 Å². The number of aromatic amines is 1. The summed E-state index contributed by atoms with van der Waals surface area (Å²) in [5.41, 5.74) is 9.93. The number of H-pyrrole nitrogens is 1. The molecule has 78 heavy (non-hydrogen) atoms. The highest BCUT2D eigenvalue weighted by Gasteiger charge is 2.25. The highest BCUT2D eigenvalue weighted by atomic mass is 127. The van der Waals surface area contributed by atoms with Crippen molar-refractivity contribution in [3.8, 4) is 12.0 Å². The second-order valence-electron chi connectivity index (χ2n) is 16.2. The number of esters is 4. The first-order chi connectivity index (χ1) is 36.8. The molecular weight excluding hydrogens is 1140 g/mol. The Balaban J connectivity index is 0.000000382. The fraction of sp³-hybridized carbons (Fsp3) is 0.451. The predicted molar refractivity (Wildman–Crippen MR) is 294 cm³/mol. The summed E-state index contributed by atoms with van der Waals surface area (Å²) in [7, 11) is 0. The maximum atomic E-state index is 12.4. The number of fused-ring (bicyclic) bond motifs is 2. The highest BCUT2D eigenvalue weighted by molar-refractivity contribution is 14.0. The number of nitrogens with two attached hydrogens (primary N) is 1. The number of anilines is 2. The summed E-state index contributed by atoms with van der Waals surface area (Å²) in [5, 5.41) is 19.4. The molecule has 2 aromatic carbocycles. The maximum Gasteiger partial charge on any atom is 0.347 e. The number of carbonyl (C=O) groups excluding carboxylic acids is 5. The molecule has 1 amide bonds. The summed E-state index contributed by atoms with van der Waals surface area (Å²) in [5.74, 6) is -3.61. The third-order valence-electron chi connectivity index (χ3n) is 9.95. The van der Waals surface area contributed by atoms with Gasteiger partial charge in [-0.2, -0.15) is 19.9 Å². The third kappa shape index (κ3) is 22.8. The van der Waals surface area contributed by atoms with E-state index < -0.39 is 49.3 Å². The summed E-state index contributed by atoms with van der Waals surface area (Å²) < 4.78 is 38.0. The van der Waals surface area contributed by atoms with Crippen molar-refractivity contribution in [3.63, 3.8) is 0 Å². The van der Waals surface area contributed by atoms with Crippen molar-refractivity contribution in [1.82, 2.24) is 39.0 Å². The van der Waals surface area contributed by atoms with Gasteiger partial charge in [-0.05, 0) is 51.7 Å². The van der Waals surface area contributed by atoms with Crippen LogP contribution in [-0.2, 0) is 72.1 Å². The van der Waals surface area contributed by atoms with Crippen LogP contribution >= 0.6 is 24.0 Å². The maximum absolute atomic E-state index is 12.4. The lowest BCUT2D eigenvalue weighted by molar-refractivity contribution is -0.177. The van der Waals surface area contributed by atoms with Gasteiger partial charge in [-0.3, -0.25) is 14.2 Å². The van der Waals surface area contributed by atoms with Crippen LogP contribution < -0.4 is 26.2 Å². The van der Waals surface area contributed by atoms with Crippen LogP contribution in [0.2, 0.25) is 0 Å². The first kappa shape index (κ1) is 66.3. The van der Waals surface area contributed by atoms with Crippen LogP contribution in [0.4, 0.5) is 11.6 Å². The van der Waals surface area contributed by atoms with Crippen molar-refractivity contribution in [2.24, 2.45) is 0 Å². The minimum absolute atomic E-state index is 0. The minimum Gasteiger partial charge on any atom is -0.479 e. The Morgan fingerprint density at radius 2 is 1.28 bits per heavy atom. The molecule has 0 saturated carbocycles. The van der Waals surface area contributed by atoms with Crippen LogP contribution in [0.15, 0.2) is 65.5 Å². The summed E-state index contributed by atoms with van der Waals surface area (Å²) in [4.78, 5) is 102. The van der Waals surface area contributed by atoms with Gasteiger partial charge < -0.3 is 64.0 Å². The monoisotopic (exact) mass is 1200 g/mol. The molecule has 0 aliphatic carbocycles. The van der Waals surface area contributed by atoms with Gasteiger partial charge >= 0.3 is 47.6 Å². The largest absolute Gasteiger partial charge is 0.479 e. The Labute approximate surface area is 466 Å².